The number of amides is 2. The summed E-state index contributed by atoms with van der Waals surface area (Å²) in [5.74, 6) is 0.0422. The lowest BCUT2D eigenvalue weighted by Gasteiger charge is -2.13. The number of carbonyl (C=O) groups is 2. The van der Waals surface area contributed by atoms with E-state index < -0.39 is 5.91 Å². The molecule has 1 atom stereocenters. The fraction of sp³-hybridized carbons (Fsp3) is 0.320. The molecule has 2 aromatic rings. The van der Waals surface area contributed by atoms with E-state index in [-0.39, 0.29) is 24.2 Å². The molecule has 172 valence electrons. The second-order valence-corrected chi connectivity index (χ2v) is 7.36. The third-order valence-corrected chi connectivity index (χ3v) is 4.87. The maximum absolute atomic E-state index is 12.4. The number of nitriles is 1. The van der Waals surface area contributed by atoms with Crippen molar-refractivity contribution in [3.63, 3.8) is 0 Å². The monoisotopic (exact) mass is 449 g/mol. The van der Waals surface area contributed by atoms with E-state index in [0.717, 1.165) is 12.8 Å². The average Bonchev–Trinajstić information content (AvgIpc) is 3.35. The van der Waals surface area contributed by atoms with Gasteiger partial charge in [-0.3, -0.25) is 9.59 Å². The van der Waals surface area contributed by atoms with Gasteiger partial charge in [0.25, 0.3) is 11.8 Å². The van der Waals surface area contributed by atoms with E-state index in [1.807, 2.05) is 31.2 Å². The van der Waals surface area contributed by atoms with E-state index in [1.54, 1.807) is 30.3 Å². The van der Waals surface area contributed by atoms with Crippen molar-refractivity contribution < 1.29 is 23.8 Å². The SMILES string of the molecule is CCOc1cc(/C=C(\C#N)C(=O)NC[C@@H]2CCCO2)ccc1OCC(=O)Nc1ccccc1. The number of carbonyl (C=O) groups excluding carboxylic acids is 2. The van der Waals surface area contributed by atoms with Crippen molar-refractivity contribution in [3.05, 3.63) is 59.7 Å². The van der Waals surface area contributed by atoms with Crippen LogP contribution >= 0.6 is 0 Å². The van der Waals surface area contributed by atoms with Crippen LogP contribution in [-0.2, 0) is 14.3 Å². The van der Waals surface area contributed by atoms with Crippen molar-refractivity contribution in [3.8, 4) is 17.6 Å². The first-order chi connectivity index (χ1) is 16.1. The molecule has 0 saturated carbocycles. The standard InChI is InChI=1S/C25H27N3O5/c1-2-31-23-14-18(13-19(15-26)25(30)27-16-21-9-6-12-32-21)10-11-22(23)33-17-24(29)28-20-7-4-3-5-8-20/h3-5,7-8,10-11,13-14,21H,2,6,9,12,16-17H2,1H3,(H,27,30)(H,28,29)/b19-13+/t21-/m0/s1. The van der Waals surface area contributed by atoms with Crippen molar-refractivity contribution in [1.29, 1.82) is 5.26 Å². The summed E-state index contributed by atoms with van der Waals surface area (Å²) in [7, 11) is 0. The van der Waals surface area contributed by atoms with Crippen molar-refractivity contribution in [1.82, 2.24) is 5.32 Å². The van der Waals surface area contributed by atoms with E-state index in [4.69, 9.17) is 14.2 Å². The molecule has 0 aliphatic carbocycles. The number of nitrogens with one attached hydrogen (secondary N) is 2. The van der Waals surface area contributed by atoms with Gasteiger partial charge in [0.1, 0.15) is 11.6 Å². The van der Waals surface area contributed by atoms with Crippen molar-refractivity contribution in [2.45, 2.75) is 25.9 Å². The van der Waals surface area contributed by atoms with Gasteiger partial charge in [-0.15, -0.1) is 0 Å². The summed E-state index contributed by atoms with van der Waals surface area (Å²) >= 11 is 0. The van der Waals surface area contributed by atoms with Crippen LogP contribution in [0.5, 0.6) is 11.5 Å². The van der Waals surface area contributed by atoms with Gasteiger partial charge in [-0.1, -0.05) is 24.3 Å². The Morgan fingerprint density at radius 2 is 2.00 bits per heavy atom. The highest BCUT2D eigenvalue weighted by molar-refractivity contribution is 6.01. The molecular formula is C25H27N3O5. The van der Waals surface area contributed by atoms with Crippen molar-refractivity contribution in [2.75, 3.05) is 31.7 Å². The normalized spacial score (nSPS) is 15.4. The molecular weight excluding hydrogens is 422 g/mol. The lowest BCUT2D eigenvalue weighted by Crippen LogP contribution is -2.32. The molecule has 1 aliphatic rings. The maximum Gasteiger partial charge on any atom is 0.262 e. The highest BCUT2D eigenvalue weighted by atomic mass is 16.5. The summed E-state index contributed by atoms with van der Waals surface area (Å²) < 4.78 is 16.8. The molecule has 1 fully saturated rings. The Morgan fingerprint density at radius 3 is 2.70 bits per heavy atom. The lowest BCUT2D eigenvalue weighted by molar-refractivity contribution is -0.118. The molecule has 3 rings (SSSR count). The number of nitrogens with zero attached hydrogens (tertiary/aromatic N) is 1. The van der Waals surface area contributed by atoms with Gasteiger partial charge in [0, 0.05) is 18.8 Å². The van der Waals surface area contributed by atoms with E-state index >= 15 is 0 Å². The number of anilines is 1. The largest absolute Gasteiger partial charge is 0.490 e. The van der Waals surface area contributed by atoms with Crippen LogP contribution in [0.15, 0.2) is 54.1 Å². The molecule has 2 N–H and O–H groups in total. The summed E-state index contributed by atoms with van der Waals surface area (Å²) in [4.78, 5) is 24.5. The topological polar surface area (TPSA) is 110 Å². The zero-order valence-corrected chi connectivity index (χ0v) is 18.5. The molecule has 8 nitrogen and oxygen atoms in total. The number of para-hydroxylation sites is 1. The zero-order valence-electron chi connectivity index (χ0n) is 18.5. The van der Waals surface area contributed by atoms with Crippen LogP contribution in [0.3, 0.4) is 0 Å². The van der Waals surface area contributed by atoms with Gasteiger partial charge in [0.15, 0.2) is 18.1 Å². The van der Waals surface area contributed by atoms with Gasteiger partial charge in [-0.25, -0.2) is 0 Å². The van der Waals surface area contributed by atoms with Crippen molar-refractivity contribution in [2.24, 2.45) is 0 Å². The highest BCUT2D eigenvalue weighted by Crippen LogP contribution is 2.29. The summed E-state index contributed by atoms with van der Waals surface area (Å²) in [5, 5.41) is 14.9. The first kappa shape index (κ1) is 23.8. The van der Waals surface area contributed by atoms with Crippen molar-refractivity contribution >= 4 is 23.6 Å². The van der Waals surface area contributed by atoms with Crippen LogP contribution in [0, 0.1) is 11.3 Å². The van der Waals surface area contributed by atoms with E-state index in [1.165, 1.54) is 6.08 Å². The highest BCUT2D eigenvalue weighted by Gasteiger charge is 2.18. The van der Waals surface area contributed by atoms with E-state index in [0.29, 0.717) is 42.5 Å². The van der Waals surface area contributed by atoms with E-state index in [2.05, 4.69) is 10.6 Å². The average molecular weight is 450 g/mol. The van der Waals surface area contributed by atoms with Gasteiger partial charge in [0.05, 0.1) is 12.7 Å². The third kappa shape index (κ3) is 7.37. The Kier molecular flexibility index (Phi) is 8.86. The zero-order chi connectivity index (χ0) is 23.5. The Morgan fingerprint density at radius 1 is 1.18 bits per heavy atom. The number of rotatable bonds is 10. The van der Waals surface area contributed by atoms with Gasteiger partial charge >= 0.3 is 0 Å². The predicted molar refractivity (Wildman–Crippen MR) is 124 cm³/mol. The third-order valence-electron chi connectivity index (χ3n) is 4.87. The van der Waals surface area contributed by atoms with Crippen LogP contribution in [0.25, 0.3) is 6.08 Å². The molecule has 1 heterocycles. The fourth-order valence-electron chi connectivity index (χ4n) is 3.29. The minimum absolute atomic E-state index is 0.00558. The number of benzene rings is 2. The molecule has 8 heteroatoms. The fourth-order valence-corrected chi connectivity index (χ4v) is 3.29. The number of hydrogen-bond acceptors (Lipinski definition) is 6. The van der Waals surface area contributed by atoms with Crippen LogP contribution in [-0.4, -0.2) is 44.3 Å². The Labute approximate surface area is 193 Å². The molecule has 0 bridgehead atoms. The van der Waals surface area contributed by atoms with Gasteiger partial charge in [-0.2, -0.15) is 5.26 Å². The molecule has 0 unspecified atom stereocenters. The Bertz CT molecular complexity index is 1020. The molecule has 0 spiro atoms. The minimum Gasteiger partial charge on any atom is -0.490 e. The Balaban J connectivity index is 1.64. The predicted octanol–water partition coefficient (Wildman–Crippen LogP) is 3.30. The smallest absolute Gasteiger partial charge is 0.262 e. The summed E-state index contributed by atoms with van der Waals surface area (Å²) in [6, 6.07) is 16.0. The molecule has 0 aromatic heterocycles. The second-order valence-electron chi connectivity index (χ2n) is 7.36. The molecule has 2 amide bonds. The van der Waals surface area contributed by atoms with Crippen LogP contribution in [0.2, 0.25) is 0 Å². The quantitative estimate of drug-likeness (QED) is 0.425. The van der Waals surface area contributed by atoms with Gasteiger partial charge < -0.3 is 24.8 Å². The van der Waals surface area contributed by atoms with E-state index in [9.17, 15) is 14.9 Å². The number of ether oxygens (including phenoxy) is 3. The summed E-state index contributed by atoms with van der Waals surface area (Å²) in [6.07, 6.45) is 3.35. The van der Waals surface area contributed by atoms with Crippen LogP contribution < -0.4 is 20.1 Å². The lowest BCUT2D eigenvalue weighted by atomic mass is 10.1. The molecule has 1 aliphatic heterocycles. The Hall–Kier alpha value is -3.83. The molecule has 33 heavy (non-hydrogen) atoms. The van der Waals surface area contributed by atoms with Gasteiger partial charge in [0.2, 0.25) is 0 Å². The first-order valence-electron chi connectivity index (χ1n) is 10.8. The molecule has 1 saturated heterocycles. The van der Waals surface area contributed by atoms with Crippen LogP contribution in [0.4, 0.5) is 5.69 Å². The summed E-state index contributed by atoms with van der Waals surface area (Å²) in [5.41, 5.74) is 1.26. The molecule has 2 aromatic carbocycles. The molecule has 0 radical (unpaired) electrons. The van der Waals surface area contributed by atoms with Crippen LogP contribution in [0.1, 0.15) is 25.3 Å². The summed E-state index contributed by atoms with van der Waals surface area (Å²) in [6.45, 7) is 3.09. The van der Waals surface area contributed by atoms with Gasteiger partial charge in [-0.05, 0) is 55.7 Å². The minimum atomic E-state index is -0.455. The second kappa shape index (κ2) is 12.3. The maximum atomic E-state index is 12.4. The number of hydrogen-bond donors (Lipinski definition) is 2. The first-order valence-corrected chi connectivity index (χ1v) is 10.8.